The van der Waals surface area contributed by atoms with Gasteiger partial charge >= 0.3 is 5.97 Å². The summed E-state index contributed by atoms with van der Waals surface area (Å²) in [6, 6.07) is 21.1. The zero-order valence-electron chi connectivity index (χ0n) is 22.2. The predicted molar refractivity (Wildman–Crippen MR) is 156 cm³/mol. The molecule has 3 fully saturated rings. The van der Waals surface area contributed by atoms with E-state index in [0.717, 1.165) is 10.8 Å². The number of aliphatic hydroxyl groups is 1. The van der Waals surface area contributed by atoms with E-state index in [4.69, 9.17) is 0 Å². The van der Waals surface area contributed by atoms with E-state index in [-0.39, 0.29) is 36.1 Å². The van der Waals surface area contributed by atoms with E-state index < -0.39 is 34.6 Å². The third-order valence-corrected chi connectivity index (χ3v) is 11.1. The highest BCUT2D eigenvalue weighted by molar-refractivity contribution is 8.02. The number of carboxylic acid groups (broad SMARTS) is 1. The van der Waals surface area contributed by atoms with Crippen LogP contribution in [-0.2, 0) is 14.4 Å². The Morgan fingerprint density at radius 1 is 1.12 bits per heavy atom. The van der Waals surface area contributed by atoms with E-state index in [0.29, 0.717) is 17.7 Å². The fraction of sp³-hybridized carbons (Fsp3) is 0.344. The van der Waals surface area contributed by atoms with Crippen LogP contribution in [0.2, 0.25) is 0 Å². The quantitative estimate of drug-likeness (QED) is 0.396. The molecule has 2 amide bonds. The summed E-state index contributed by atoms with van der Waals surface area (Å²) in [7, 11) is 0. The highest BCUT2D eigenvalue weighted by Crippen LogP contribution is 2.69. The lowest BCUT2D eigenvalue weighted by atomic mass is 9.66. The molecule has 40 heavy (non-hydrogen) atoms. The Bertz CT molecular complexity index is 1490. The van der Waals surface area contributed by atoms with E-state index in [2.05, 4.69) is 6.58 Å². The van der Waals surface area contributed by atoms with E-state index in [9.17, 15) is 24.6 Å². The molecule has 3 aromatic carbocycles. The second kappa shape index (κ2) is 10.1. The first kappa shape index (κ1) is 26.6. The Morgan fingerprint density at radius 2 is 1.82 bits per heavy atom. The smallest absolute Gasteiger partial charge is 0.308 e. The van der Waals surface area contributed by atoms with Gasteiger partial charge in [-0.3, -0.25) is 14.4 Å². The van der Waals surface area contributed by atoms with Crippen LogP contribution in [0.15, 0.2) is 85.5 Å². The van der Waals surface area contributed by atoms with E-state index >= 15 is 0 Å². The first-order valence-corrected chi connectivity index (χ1v) is 14.5. The molecule has 3 heterocycles. The summed E-state index contributed by atoms with van der Waals surface area (Å²) in [5, 5.41) is 22.7. The van der Waals surface area contributed by atoms with Gasteiger partial charge in [-0.25, -0.2) is 0 Å². The fourth-order valence-electron chi connectivity index (χ4n) is 7.33. The van der Waals surface area contributed by atoms with Crippen LogP contribution >= 0.6 is 11.8 Å². The molecular formula is C32H32N2O5S. The average Bonchev–Trinajstić information content (AvgIpc) is 3.56. The first-order valence-electron chi connectivity index (χ1n) is 13.6. The molecule has 2 bridgehead atoms. The molecule has 0 aliphatic carbocycles. The van der Waals surface area contributed by atoms with Gasteiger partial charge in [-0.15, -0.1) is 18.3 Å². The van der Waals surface area contributed by atoms with Gasteiger partial charge in [0.2, 0.25) is 5.91 Å². The number of carboxylic acids is 1. The Kier molecular flexibility index (Phi) is 6.71. The summed E-state index contributed by atoms with van der Waals surface area (Å²) in [5.41, 5.74) is 1.38. The number of rotatable bonds is 8. The molecule has 0 radical (unpaired) electrons. The van der Waals surface area contributed by atoms with Crippen LogP contribution < -0.4 is 4.90 Å². The number of amides is 2. The largest absolute Gasteiger partial charge is 0.481 e. The van der Waals surface area contributed by atoms with Gasteiger partial charge in [-0.05, 0) is 40.8 Å². The normalized spacial score (nSPS) is 29.4. The number of nitrogens with zero attached hydrogens (tertiary/aromatic N) is 2. The molecule has 3 aliphatic rings. The number of carbonyl (C=O) groups excluding carboxylic acids is 2. The minimum Gasteiger partial charge on any atom is -0.481 e. The van der Waals surface area contributed by atoms with Crippen LogP contribution in [-0.4, -0.2) is 62.1 Å². The molecule has 0 aromatic heterocycles. The fourth-order valence-corrected chi connectivity index (χ4v) is 9.73. The maximum atomic E-state index is 14.9. The highest BCUT2D eigenvalue weighted by atomic mass is 32.2. The topological polar surface area (TPSA) is 98.2 Å². The number of aliphatic carboxylic acids is 1. The summed E-state index contributed by atoms with van der Waals surface area (Å²) in [6.45, 7) is 5.75. The minimum absolute atomic E-state index is 0.0664. The van der Waals surface area contributed by atoms with Gasteiger partial charge in [-0.1, -0.05) is 73.7 Å². The lowest BCUT2D eigenvalue weighted by Crippen LogP contribution is -2.58. The van der Waals surface area contributed by atoms with Crippen LogP contribution in [0.3, 0.4) is 0 Å². The second-order valence-corrected chi connectivity index (χ2v) is 12.6. The molecule has 3 saturated heterocycles. The molecule has 1 spiro atoms. The molecule has 3 unspecified atom stereocenters. The standard InChI is InChI=1S/C32H32N2O5S/c1-3-15-33(23-14-13-20-9-7-8-12-22(20)17-23)30(37)28-32-19(2)16-25(40-32)26(31(38)39)27(32)29(36)34(28)24(18-35)21-10-5-4-6-11-21/h3-14,17,19,24-28,35H,1,15-16,18H2,2H3,(H,38,39)/t19?,24-,25+,26-,27+,28?,32?/m1/s1. The van der Waals surface area contributed by atoms with Gasteiger partial charge in [0, 0.05) is 17.5 Å². The molecule has 3 aliphatic heterocycles. The van der Waals surface area contributed by atoms with Crippen LogP contribution in [0.1, 0.15) is 24.9 Å². The van der Waals surface area contributed by atoms with Crippen molar-refractivity contribution < 1.29 is 24.6 Å². The molecule has 0 saturated carbocycles. The summed E-state index contributed by atoms with van der Waals surface area (Å²) in [5.74, 6) is -3.45. The van der Waals surface area contributed by atoms with E-state index in [1.165, 1.54) is 16.7 Å². The molecule has 2 N–H and O–H groups in total. The summed E-state index contributed by atoms with van der Waals surface area (Å²) < 4.78 is -0.916. The molecule has 206 valence electrons. The number of aliphatic hydroxyl groups excluding tert-OH is 1. The molecule has 3 aromatic rings. The molecule has 8 heteroatoms. The number of thioether (sulfide) groups is 1. The van der Waals surface area contributed by atoms with Crippen LogP contribution in [0.5, 0.6) is 0 Å². The van der Waals surface area contributed by atoms with Crippen molar-refractivity contribution in [3.05, 3.63) is 91.0 Å². The molecular weight excluding hydrogens is 524 g/mol. The van der Waals surface area contributed by atoms with Crippen molar-refractivity contribution in [3.63, 3.8) is 0 Å². The second-order valence-electron chi connectivity index (χ2n) is 11.0. The Balaban J connectivity index is 1.52. The third-order valence-electron chi connectivity index (χ3n) is 9.02. The summed E-state index contributed by atoms with van der Waals surface area (Å²) in [4.78, 5) is 44.9. The van der Waals surface area contributed by atoms with Crippen molar-refractivity contribution in [2.45, 2.75) is 35.4 Å². The van der Waals surface area contributed by atoms with Gasteiger partial charge < -0.3 is 20.0 Å². The maximum Gasteiger partial charge on any atom is 0.308 e. The van der Waals surface area contributed by atoms with Crippen molar-refractivity contribution in [3.8, 4) is 0 Å². The van der Waals surface area contributed by atoms with Gasteiger partial charge in [0.05, 0.1) is 29.2 Å². The first-order chi connectivity index (χ1) is 19.3. The lowest BCUT2D eigenvalue weighted by molar-refractivity contribution is -0.149. The van der Waals surface area contributed by atoms with E-state index in [1.807, 2.05) is 79.7 Å². The Morgan fingerprint density at radius 3 is 2.50 bits per heavy atom. The number of hydrogen-bond acceptors (Lipinski definition) is 5. The Hall–Kier alpha value is -3.62. The van der Waals surface area contributed by atoms with E-state index in [1.54, 1.807) is 11.0 Å². The van der Waals surface area contributed by atoms with Crippen molar-refractivity contribution >= 4 is 46.0 Å². The van der Waals surface area contributed by atoms with Crippen LogP contribution in [0, 0.1) is 17.8 Å². The number of fused-ring (bicyclic) bond motifs is 2. The average molecular weight is 557 g/mol. The molecule has 6 rings (SSSR count). The maximum absolute atomic E-state index is 14.9. The summed E-state index contributed by atoms with van der Waals surface area (Å²) >= 11 is 1.50. The van der Waals surface area contributed by atoms with Gasteiger partial charge in [0.25, 0.3) is 5.91 Å². The van der Waals surface area contributed by atoms with Gasteiger partial charge in [0.15, 0.2) is 0 Å². The molecule has 7 atom stereocenters. The zero-order chi connectivity index (χ0) is 28.2. The number of hydrogen-bond donors (Lipinski definition) is 2. The summed E-state index contributed by atoms with van der Waals surface area (Å²) in [6.07, 6.45) is 2.28. The van der Waals surface area contributed by atoms with Crippen molar-refractivity contribution in [1.82, 2.24) is 4.90 Å². The zero-order valence-corrected chi connectivity index (χ0v) is 23.0. The van der Waals surface area contributed by atoms with Crippen molar-refractivity contribution in [2.24, 2.45) is 17.8 Å². The number of anilines is 1. The third kappa shape index (κ3) is 3.80. The minimum atomic E-state index is -1.00. The Labute approximate surface area is 237 Å². The highest BCUT2D eigenvalue weighted by Gasteiger charge is 2.77. The lowest BCUT2D eigenvalue weighted by Gasteiger charge is -2.42. The van der Waals surface area contributed by atoms with Gasteiger partial charge in [-0.2, -0.15) is 0 Å². The monoisotopic (exact) mass is 556 g/mol. The SMILES string of the molecule is C=CCN(C(=O)C1N([C@H](CO)c2ccccc2)C(=O)[C@@H]2[C@H](C(=O)O)[C@@H]3CC(C)C12S3)c1ccc2ccccc2c1. The number of benzene rings is 3. The number of likely N-dealkylation sites (tertiary alicyclic amines) is 1. The van der Waals surface area contributed by atoms with Crippen molar-refractivity contribution in [1.29, 1.82) is 0 Å². The molecule has 7 nitrogen and oxygen atoms in total. The predicted octanol–water partition coefficient (Wildman–Crippen LogP) is 4.51. The van der Waals surface area contributed by atoms with Crippen LogP contribution in [0.25, 0.3) is 10.8 Å². The number of carbonyl (C=O) groups is 3. The van der Waals surface area contributed by atoms with Gasteiger partial charge in [0.1, 0.15) is 6.04 Å². The van der Waals surface area contributed by atoms with Crippen molar-refractivity contribution in [2.75, 3.05) is 18.1 Å². The van der Waals surface area contributed by atoms with Crippen LogP contribution in [0.4, 0.5) is 5.69 Å².